The molecule has 0 radical (unpaired) electrons. The highest BCUT2D eigenvalue weighted by atomic mass is 15.0. The molecule has 0 aliphatic carbocycles. The Morgan fingerprint density at radius 3 is 2.88 bits per heavy atom. The summed E-state index contributed by atoms with van der Waals surface area (Å²) in [5.74, 6) is 0.938. The molecule has 1 aromatic heterocycles. The summed E-state index contributed by atoms with van der Waals surface area (Å²) in [6, 6.07) is 12.5. The van der Waals surface area contributed by atoms with Gasteiger partial charge in [0.2, 0.25) is 0 Å². The average Bonchev–Trinajstić information content (AvgIpc) is 2.34. The maximum Gasteiger partial charge on any atom is 0.126 e. The van der Waals surface area contributed by atoms with Crippen LogP contribution in [0.4, 0.5) is 5.82 Å². The summed E-state index contributed by atoms with van der Waals surface area (Å²) in [5, 5.41) is 4.50. The van der Waals surface area contributed by atoms with Gasteiger partial charge in [-0.2, -0.15) is 0 Å². The summed E-state index contributed by atoms with van der Waals surface area (Å²) in [4.78, 5) is 4.55. The molecule has 17 heavy (non-hydrogen) atoms. The highest BCUT2D eigenvalue weighted by Crippen LogP contribution is 2.14. The number of nitrogens with one attached hydrogen (secondary N) is 1. The molecule has 0 aliphatic rings. The predicted octanol–water partition coefficient (Wildman–Crippen LogP) is 2.77. The first-order valence-corrected chi connectivity index (χ1v) is 6.11. The van der Waals surface area contributed by atoms with Crippen molar-refractivity contribution in [2.24, 2.45) is 5.73 Å². The molecule has 0 bridgehead atoms. The van der Waals surface area contributed by atoms with Crippen LogP contribution in [-0.2, 0) is 0 Å². The molecular weight excluding hydrogens is 210 g/mol. The minimum absolute atomic E-state index is 0.279. The summed E-state index contributed by atoms with van der Waals surface area (Å²) in [5.41, 5.74) is 6.73. The number of hydrogen-bond acceptors (Lipinski definition) is 3. The smallest absolute Gasteiger partial charge is 0.126 e. The zero-order valence-electron chi connectivity index (χ0n) is 10.2. The van der Waals surface area contributed by atoms with Crippen molar-refractivity contribution < 1.29 is 0 Å². The molecule has 1 heterocycles. The summed E-state index contributed by atoms with van der Waals surface area (Å²) >= 11 is 0. The third-order valence-electron chi connectivity index (χ3n) is 2.74. The highest BCUT2D eigenvalue weighted by molar-refractivity contribution is 5.79. The van der Waals surface area contributed by atoms with Gasteiger partial charge in [-0.05, 0) is 38.0 Å². The van der Waals surface area contributed by atoms with E-state index in [1.54, 1.807) is 0 Å². The fourth-order valence-corrected chi connectivity index (χ4v) is 1.80. The molecule has 0 saturated carbocycles. The van der Waals surface area contributed by atoms with Crippen molar-refractivity contribution in [3.63, 3.8) is 0 Å². The number of pyridine rings is 1. The topological polar surface area (TPSA) is 50.9 Å². The predicted molar refractivity (Wildman–Crippen MR) is 73.1 cm³/mol. The van der Waals surface area contributed by atoms with Crippen LogP contribution in [0.2, 0.25) is 0 Å². The van der Waals surface area contributed by atoms with Crippen molar-refractivity contribution in [1.82, 2.24) is 4.98 Å². The summed E-state index contributed by atoms with van der Waals surface area (Å²) in [6.45, 7) is 2.96. The van der Waals surface area contributed by atoms with E-state index in [0.29, 0.717) is 0 Å². The molecule has 90 valence electrons. The number of anilines is 1. The number of hydrogen-bond donors (Lipinski definition) is 2. The van der Waals surface area contributed by atoms with E-state index < -0.39 is 0 Å². The molecule has 2 rings (SSSR count). The fraction of sp³-hybridized carbons (Fsp3) is 0.357. The Morgan fingerprint density at radius 1 is 1.24 bits per heavy atom. The molecule has 0 amide bonds. The Labute approximate surface area is 102 Å². The van der Waals surface area contributed by atoms with E-state index in [0.717, 1.165) is 30.7 Å². The minimum Gasteiger partial charge on any atom is -0.370 e. The van der Waals surface area contributed by atoms with E-state index in [-0.39, 0.29) is 6.04 Å². The molecule has 1 unspecified atom stereocenters. The maximum absolute atomic E-state index is 5.70. The van der Waals surface area contributed by atoms with Gasteiger partial charge in [-0.1, -0.05) is 18.2 Å². The average molecular weight is 229 g/mol. The van der Waals surface area contributed by atoms with Gasteiger partial charge in [0.05, 0.1) is 5.52 Å². The van der Waals surface area contributed by atoms with Gasteiger partial charge >= 0.3 is 0 Å². The molecule has 1 aromatic carbocycles. The second kappa shape index (κ2) is 5.64. The Bertz CT molecular complexity index is 480. The monoisotopic (exact) mass is 229 g/mol. The first kappa shape index (κ1) is 11.9. The van der Waals surface area contributed by atoms with Crippen LogP contribution in [0.25, 0.3) is 10.9 Å². The minimum atomic E-state index is 0.279. The van der Waals surface area contributed by atoms with E-state index in [4.69, 9.17) is 5.73 Å². The number of aromatic nitrogens is 1. The zero-order valence-corrected chi connectivity index (χ0v) is 10.2. The summed E-state index contributed by atoms with van der Waals surface area (Å²) < 4.78 is 0. The third kappa shape index (κ3) is 3.43. The first-order chi connectivity index (χ1) is 8.25. The Morgan fingerprint density at radius 2 is 2.06 bits per heavy atom. The number of nitrogens with zero attached hydrogens (tertiary/aromatic N) is 1. The Kier molecular flexibility index (Phi) is 3.94. The van der Waals surface area contributed by atoms with E-state index in [9.17, 15) is 0 Å². The molecular formula is C14H19N3. The second-order valence-corrected chi connectivity index (χ2v) is 4.44. The zero-order chi connectivity index (χ0) is 12.1. The van der Waals surface area contributed by atoms with Crippen molar-refractivity contribution in [3.8, 4) is 0 Å². The van der Waals surface area contributed by atoms with Crippen molar-refractivity contribution >= 4 is 16.7 Å². The Balaban J connectivity index is 1.95. The van der Waals surface area contributed by atoms with Gasteiger partial charge in [0.1, 0.15) is 5.82 Å². The highest BCUT2D eigenvalue weighted by Gasteiger charge is 1.98. The van der Waals surface area contributed by atoms with Gasteiger partial charge in [0.15, 0.2) is 0 Å². The van der Waals surface area contributed by atoms with Crippen LogP contribution in [0.15, 0.2) is 36.4 Å². The molecule has 3 heteroatoms. The van der Waals surface area contributed by atoms with Crippen molar-refractivity contribution in [1.29, 1.82) is 0 Å². The fourth-order valence-electron chi connectivity index (χ4n) is 1.80. The normalized spacial score (nSPS) is 12.6. The lowest BCUT2D eigenvalue weighted by Gasteiger charge is -2.08. The van der Waals surface area contributed by atoms with E-state index in [2.05, 4.69) is 22.4 Å². The van der Waals surface area contributed by atoms with Gasteiger partial charge in [0.25, 0.3) is 0 Å². The number of benzene rings is 1. The maximum atomic E-state index is 5.70. The van der Waals surface area contributed by atoms with Crippen LogP contribution < -0.4 is 11.1 Å². The van der Waals surface area contributed by atoms with Gasteiger partial charge in [-0.25, -0.2) is 4.98 Å². The third-order valence-corrected chi connectivity index (χ3v) is 2.74. The first-order valence-electron chi connectivity index (χ1n) is 6.11. The van der Waals surface area contributed by atoms with Crippen LogP contribution in [0, 0.1) is 0 Å². The van der Waals surface area contributed by atoms with E-state index in [1.165, 1.54) is 5.39 Å². The SMILES string of the molecule is CC(N)CCCNc1ccc2ccccc2n1. The van der Waals surface area contributed by atoms with Crippen LogP contribution in [-0.4, -0.2) is 17.6 Å². The van der Waals surface area contributed by atoms with Crippen LogP contribution in [0.1, 0.15) is 19.8 Å². The van der Waals surface area contributed by atoms with Crippen molar-refractivity contribution in [2.45, 2.75) is 25.8 Å². The number of fused-ring (bicyclic) bond motifs is 1. The molecule has 1 atom stereocenters. The second-order valence-electron chi connectivity index (χ2n) is 4.44. The number of para-hydroxylation sites is 1. The molecule has 3 nitrogen and oxygen atoms in total. The molecule has 0 aliphatic heterocycles. The molecule has 0 spiro atoms. The van der Waals surface area contributed by atoms with Gasteiger partial charge in [0, 0.05) is 18.0 Å². The lowest BCUT2D eigenvalue weighted by molar-refractivity contribution is 0.639. The van der Waals surface area contributed by atoms with Crippen molar-refractivity contribution in [2.75, 3.05) is 11.9 Å². The molecule has 0 fully saturated rings. The standard InChI is InChI=1S/C14H19N3/c1-11(15)5-4-10-16-14-9-8-12-6-2-3-7-13(12)17-14/h2-3,6-9,11H,4-5,10,15H2,1H3,(H,16,17). The Hall–Kier alpha value is -1.61. The van der Waals surface area contributed by atoms with Crippen LogP contribution in [0.3, 0.4) is 0 Å². The summed E-state index contributed by atoms with van der Waals surface area (Å²) in [6.07, 6.45) is 2.12. The molecule has 2 aromatic rings. The lowest BCUT2D eigenvalue weighted by atomic mass is 10.2. The van der Waals surface area contributed by atoms with E-state index >= 15 is 0 Å². The number of rotatable bonds is 5. The molecule has 0 saturated heterocycles. The quantitative estimate of drug-likeness (QED) is 0.775. The number of nitrogens with two attached hydrogens (primary N) is 1. The molecule has 3 N–H and O–H groups in total. The van der Waals surface area contributed by atoms with Crippen molar-refractivity contribution in [3.05, 3.63) is 36.4 Å². The van der Waals surface area contributed by atoms with Gasteiger partial charge in [-0.3, -0.25) is 0 Å². The largest absolute Gasteiger partial charge is 0.370 e. The van der Waals surface area contributed by atoms with Gasteiger partial charge < -0.3 is 11.1 Å². The van der Waals surface area contributed by atoms with Crippen LogP contribution >= 0.6 is 0 Å². The summed E-state index contributed by atoms with van der Waals surface area (Å²) in [7, 11) is 0. The van der Waals surface area contributed by atoms with Gasteiger partial charge in [-0.15, -0.1) is 0 Å². The lowest BCUT2D eigenvalue weighted by Crippen LogP contribution is -2.16. The van der Waals surface area contributed by atoms with Crippen LogP contribution in [0.5, 0.6) is 0 Å². The van der Waals surface area contributed by atoms with E-state index in [1.807, 2.05) is 31.2 Å².